The Morgan fingerprint density at radius 2 is 1.84 bits per heavy atom. The topological polar surface area (TPSA) is 60.2 Å². The van der Waals surface area contributed by atoms with E-state index in [4.69, 9.17) is 0 Å². The van der Waals surface area contributed by atoms with Crippen LogP contribution < -0.4 is 0 Å². The zero-order valence-electron chi connectivity index (χ0n) is 18.9. The zero-order valence-corrected chi connectivity index (χ0v) is 19.8. The number of nitro benzene ring substituents is 1. The van der Waals surface area contributed by atoms with Crippen molar-refractivity contribution in [3.05, 3.63) is 94.1 Å². The van der Waals surface area contributed by atoms with E-state index >= 15 is 0 Å². The minimum atomic E-state index is -0.390. The number of quaternary nitrogens is 1. The van der Waals surface area contributed by atoms with Crippen LogP contribution in [-0.4, -0.2) is 41.1 Å². The van der Waals surface area contributed by atoms with E-state index in [0.717, 1.165) is 41.8 Å². The SMILES string of the molecule is CCCC[N+](C)(C)C(C(=O)C1=CCC(Sc2ccc([N+](=O)[O-])cc2)C=C1)c1ccccc1. The smallest absolute Gasteiger partial charge is 0.269 e. The summed E-state index contributed by atoms with van der Waals surface area (Å²) in [5.41, 5.74) is 1.91. The summed E-state index contributed by atoms with van der Waals surface area (Å²) in [6.07, 6.45) is 9.00. The van der Waals surface area contributed by atoms with Crippen LogP contribution in [0.15, 0.2) is 83.3 Å². The molecule has 168 valence electrons. The fourth-order valence-corrected chi connectivity index (χ4v) is 5.04. The van der Waals surface area contributed by atoms with Crippen molar-refractivity contribution in [3.8, 4) is 0 Å². The molecule has 3 rings (SSSR count). The van der Waals surface area contributed by atoms with Crippen LogP contribution in [0.1, 0.15) is 37.8 Å². The highest BCUT2D eigenvalue weighted by molar-refractivity contribution is 8.00. The number of rotatable bonds is 10. The standard InChI is InChI=1S/C26H31N2O3S/c1-4-5-19-28(2,3)25(20-9-7-6-8-10-20)26(29)21-11-15-23(16-12-21)32-24-17-13-22(14-18-24)27(30)31/h6-15,17-18,23,25H,4-5,16,19H2,1-3H3/q+1. The maximum Gasteiger partial charge on any atom is 0.269 e. The highest BCUT2D eigenvalue weighted by Crippen LogP contribution is 2.34. The number of nitrogens with zero attached hydrogens (tertiary/aromatic N) is 2. The van der Waals surface area contributed by atoms with E-state index in [1.807, 2.05) is 30.4 Å². The molecule has 0 aliphatic heterocycles. The number of thioether (sulfide) groups is 1. The van der Waals surface area contributed by atoms with E-state index in [0.29, 0.717) is 4.48 Å². The van der Waals surface area contributed by atoms with Gasteiger partial charge in [-0.05, 0) is 25.0 Å². The highest BCUT2D eigenvalue weighted by Gasteiger charge is 2.37. The molecule has 0 bridgehead atoms. The van der Waals surface area contributed by atoms with Gasteiger partial charge in [0.25, 0.3) is 5.69 Å². The molecule has 2 aromatic rings. The minimum absolute atomic E-state index is 0.0945. The minimum Gasteiger partial charge on any atom is -0.316 e. The van der Waals surface area contributed by atoms with Gasteiger partial charge in [0.15, 0.2) is 6.04 Å². The molecule has 0 radical (unpaired) electrons. The van der Waals surface area contributed by atoms with Gasteiger partial charge in [-0.1, -0.05) is 61.9 Å². The first-order valence-electron chi connectivity index (χ1n) is 11.0. The van der Waals surface area contributed by atoms with Crippen molar-refractivity contribution < 1.29 is 14.2 Å². The van der Waals surface area contributed by atoms with Gasteiger partial charge in [-0.25, -0.2) is 0 Å². The normalized spacial score (nSPS) is 17.0. The number of carbonyl (C=O) groups is 1. The van der Waals surface area contributed by atoms with Crippen LogP contribution in [0.2, 0.25) is 0 Å². The summed E-state index contributed by atoms with van der Waals surface area (Å²) in [5, 5.41) is 11.0. The molecule has 5 nitrogen and oxygen atoms in total. The van der Waals surface area contributed by atoms with Crippen molar-refractivity contribution in [2.45, 2.75) is 42.4 Å². The Labute approximate surface area is 194 Å². The summed E-state index contributed by atoms with van der Waals surface area (Å²) >= 11 is 1.65. The number of ketones is 1. The number of Topliss-reactive ketones (excluding diaryl/α,β-unsaturated/α-hetero) is 1. The molecule has 0 fully saturated rings. The monoisotopic (exact) mass is 451 g/mol. The van der Waals surface area contributed by atoms with Crippen LogP contribution >= 0.6 is 11.8 Å². The lowest BCUT2D eigenvalue weighted by atomic mass is 9.91. The van der Waals surface area contributed by atoms with E-state index < -0.39 is 0 Å². The number of non-ortho nitro benzene ring substituents is 1. The number of likely N-dealkylation sites (N-methyl/N-ethyl adjacent to an activating group) is 1. The predicted octanol–water partition coefficient (Wildman–Crippen LogP) is 6.13. The molecular weight excluding hydrogens is 420 g/mol. The van der Waals surface area contributed by atoms with Crippen molar-refractivity contribution >= 4 is 23.2 Å². The fourth-order valence-electron chi connectivity index (χ4n) is 4.05. The van der Waals surface area contributed by atoms with Gasteiger partial charge >= 0.3 is 0 Å². The van der Waals surface area contributed by atoms with Crippen molar-refractivity contribution in [1.29, 1.82) is 0 Å². The van der Waals surface area contributed by atoms with Gasteiger partial charge in [-0.2, -0.15) is 0 Å². The lowest BCUT2D eigenvalue weighted by molar-refractivity contribution is -0.911. The Bertz CT molecular complexity index is 997. The maximum absolute atomic E-state index is 13.7. The molecule has 1 aliphatic carbocycles. The summed E-state index contributed by atoms with van der Waals surface area (Å²) in [6, 6.07) is 16.5. The van der Waals surface area contributed by atoms with E-state index in [1.165, 1.54) is 12.1 Å². The van der Waals surface area contributed by atoms with Crippen LogP contribution in [0.25, 0.3) is 0 Å². The van der Waals surface area contributed by atoms with Crippen LogP contribution in [-0.2, 0) is 4.79 Å². The van der Waals surface area contributed by atoms with Crippen LogP contribution in [0, 0.1) is 10.1 Å². The van der Waals surface area contributed by atoms with Crippen molar-refractivity contribution in [3.63, 3.8) is 0 Å². The third-order valence-electron chi connectivity index (χ3n) is 5.83. The van der Waals surface area contributed by atoms with E-state index in [1.54, 1.807) is 23.9 Å². The molecule has 32 heavy (non-hydrogen) atoms. The third-order valence-corrected chi connectivity index (χ3v) is 7.03. The first-order valence-corrected chi connectivity index (χ1v) is 11.9. The average Bonchev–Trinajstić information content (AvgIpc) is 2.79. The molecule has 2 unspecified atom stereocenters. The van der Waals surface area contributed by atoms with Gasteiger partial charge in [0.05, 0.1) is 25.6 Å². The summed E-state index contributed by atoms with van der Waals surface area (Å²) < 4.78 is 0.628. The highest BCUT2D eigenvalue weighted by atomic mass is 32.2. The van der Waals surface area contributed by atoms with Gasteiger partial charge in [0.2, 0.25) is 5.78 Å². The second-order valence-corrected chi connectivity index (χ2v) is 10.0. The second kappa shape index (κ2) is 10.7. The van der Waals surface area contributed by atoms with E-state index in [9.17, 15) is 14.9 Å². The molecule has 0 saturated carbocycles. The average molecular weight is 452 g/mol. The molecule has 0 spiro atoms. The Kier molecular flexibility index (Phi) is 8.04. The Hall–Kier alpha value is -2.70. The number of benzene rings is 2. The number of hydrogen-bond donors (Lipinski definition) is 0. The number of nitro groups is 1. The lowest BCUT2D eigenvalue weighted by Crippen LogP contribution is -2.47. The molecule has 2 aromatic carbocycles. The number of carbonyl (C=O) groups excluding carboxylic acids is 1. The first-order chi connectivity index (χ1) is 15.3. The molecule has 0 amide bonds. The quantitative estimate of drug-likeness (QED) is 0.248. The van der Waals surface area contributed by atoms with Gasteiger partial charge in [-0.15, -0.1) is 11.8 Å². The van der Waals surface area contributed by atoms with Crippen LogP contribution in [0.3, 0.4) is 0 Å². The molecule has 0 heterocycles. The van der Waals surface area contributed by atoms with Gasteiger partial charge in [0, 0.05) is 33.4 Å². The Morgan fingerprint density at radius 3 is 2.41 bits per heavy atom. The van der Waals surface area contributed by atoms with Crippen molar-refractivity contribution in [2.24, 2.45) is 0 Å². The van der Waals surface area contributed by atoms with E-state index in [-0.39, 0.29) is 27.7 Å². The molecule has 2 atom stereocenters. The second-order valence-electron chi connectivity index (χ2n) is 8.69. The molecule has 0 aromatic heterocycles. The molecule has 0 saturated heterocycles. The zero-order chi connectivity index (χ0) is 23.1. The van der Waals surface area contributed by atoms with Gasteiger partial charge in [-0.3, -0.25) is 14.9 Å². The summed E-state index contributed by atoms with van der Waals surface area (Å²) in [6.45, 7) is 3.12. The molecule has 0 N–H and O–H groups in total. The van der Waals surface area contributed by atoms with Gasteiger partial charge < -0.3 is 4.48 Å². The number of unbranched alkanes of at least 4 members (excludes halogenated alkanes) is 1. The molecule has 6 heteroatoms. The van der Waals surface area contributed by atoms with Gasteiger partial charge in [0.1, 0.15) is 0 Å². The Balaban J connectivity index is 1.73. The molecular formula is C26H31N2O3S+. The Morgan fingerprint density at radius 1 is 1.16 bits per heavy atom. The number of allylic oxidation sites excluding steroid dienone is 2. The predicted molar refractivity (Wildman–Crippen MR) is 131 cm³/mol. The lowest BCUT2D eigenvalue weighted by Gasteiger charge is -2.38. The van der Waals surface area contributed by atoms with Crippen LogP contribution in [0.4, 0.5) is 5.69 Å². The fraction of sp³-hybridized carbons (Fsp3) is 0.346. The van der Waals surface area contributed by atoms with Crippen LogP contribution in [0.5, 0.6) is 0 Å². The first kappa shape index (κ1) is 24.0. The largest absolute Gasteiger partial charge is 0.316 e. The van der Waals surface area contributed by atoms with E-state index in [2.05, 4.69) is 39.2 Å². The third kappa shape index (κ3) is 5.96. The summed E-state index contributed by atoms with van der Waals surface area (Å²) in [7, 11) is 4.29. The number of hydrogen-bond acceptors (Lipinski definition) is 4. The maximum atomic E-state index is 13.7. The summed E-state index contributed by atoms with van der Waals surface area (Å²) in [4.78, 5) is 25.1. The van der Waals surface area contributed by atoms with Crippen molar-refractivity contribution in [1.82, 2.24) is 0 Å². The summed E-state index contributed by atoms with van der Waals surface area (Å²) in [5.74, 6) is 0.160. The molecule has 1 aliphatic rings. The van der Waals surface area contributed by atoms with Crippen molar-refractivity contribution in [2.75, 3.05) is 20.6 Å².